The summed E-state index contributed by atoms with van der Waals surface area (Å²) in [6.45, 7) is 6.52. The smallest absolute Gasteiger partial charge is 0.306 e. The van der Waals surface area contributed by atoms with Crippen molar-refractivity contribution in [1.29, 1.82) is 0 Å². The maximum atomic E-state index is 12.9. The monoisotopic (exact) mass is 1030 g/mol. The van der Waals surface area contributed by atoms with Gasteiger partial charge in [-0.2, -0.15) is 0 Å². The average Bonchev–Trinajstić information content (AvgIpc) is 3.40. The van der Waals surface area contributed by atoms with Gasteiger partial charge in [-0.3, -0.25) is 14.4 Å². The Morgan fingerprint density at radius 2 is 0.527 bits per heavy atom. The summed E-state index contributed by atoms with van der Waals surface area (Å²) < 4.78 is 16.9. The van der Waals surface area contributed by atoms with E-state index < -0.39 is 6.10 Å². The summed E-state index contributed by atoms with van der Waals surface area (Å²) in [5.41, 5.74) is 0. The van der Waals surface area contributed by atoms with Gasteiger partial charge in [0.25, 0.3) is 0 Å². The highest BCUT2D eigenvalue weighted by molar-refractivity contribution is 5.71. The Bertz CT molecular complexity index is 1330. The van der Waals surface area contributed by atoms with Crippen LogP contribution in [0.15, 0.2) is 60.8 Å². The molecule has 1 unspecified atom stereocenters. The summed E-state index contributed by atoms with van der Waals surface area (Å²) in [5, 5.41) is 0. The van der Waals surface area contributed by atoms with Crippen LogP contribution in [0.3, 0.4) is 0 Å². The molecule has 6 heteroatoms. The fourth-order valence-electron chi connectivity index (χ4n) is 9.39. The van der Waals surface area contributed by atoms with Crippen LogP contribution in [0.2, 0.25) is 0 Å². The van der Waals surface area contributed by atoms with Gasteiger partial charge < -0.3 is 14.2 Å². The molecule has 0 aliphatic carbocycles. The van der Waals surface area contributed by atoms with E-state index in [0.29, 0.717) is 19.3 Å². The molecule has 0 amide bonds. The van der Waals surface area contributed by atoms with E-state index in [0.717, 1.165) is 103 Å². The summed E-state index contributed by atoms with van der Waals surface area (Å²) in [6.07, 6.45) is 79.6. The lowest BCUT2D eigenvalue weighted by molar-refractivity contribution is -0.167. The quantitative estimate of drug-likeness (QED) is 0.0261. The molecule has 0 heterocycles. The molecule has 0 N–H and O–H groups in total. The van der Waals surface area contributed by atoms with Gasteiger partial charge in [-0.05, 0) is 103 Å². The number of hydrogen-bond donors (Lipinski definition) is 0. The van der Waals surface area contributed by atoms with E-state index in [1.807, 2.05) is 0 Å². The lowest BCUT2D eigenvalue weighted by Gasteiger charge is -2.18. The van der Waals surface area contributed by atoms with Gasteiger partial charge in [0.1, 0.15) is 13.2 Å². The number of rotatable bonds is 59. The summed E-state index contributed by atoms with van der Waals surface area (Å²) in [5.74, 6) is -0.894. The van der Waals surface area contributed by atoms with Crippen molar-refractivity contribution in [3.63, 3.8) is 0 Å². The first kappa shape index (κ1) is 71.1. The van der Waals surface area contributed by atoms with Crippen molar-refractivity contribution >= 4 is 17.9 Å². The van der Waals surface area contributed by atoms with Gasteiger partial charge in [0.05, 0.1) is 0 Å². The van der Waals surface area contributed by atoms with Crippen LogP contribution >= 0.6 is 0 Å². The Labute approximate surface area is 460 Å². The first-order valence-electron chi connectivity index (χ1n) is 32.3. The molecule has 0 radical (unpaired) electrons. The fourth-order valence-corrected chi connectivity index (χ4v) is 9.39. The lowest BCUT2D eigenvalue weighted by Crippen LogP contribution is -2.30. The molecule has 0 aliphatic rings. The molecule has 0 saturated heterocycles. The number of carbonyl (C=O) groups is 3. The minimum absolute atomic E-state index is 0.0815. The Balaban J connectivity index is 4.17. The molecule has 0 rings (SSSR count). The highest BCUT2D eigenvalue weighted by Crippen LogP contribution is 2.17. The van der Waals surface area contributed by atoms with E-state index in [-0.39, 0.29) is 31.1 Å². The van der Waals surface area contributed by atoms with Crippen molar-refractivity contribution in [3.8, 4) is 0 Å². The molecule has 1 atom stereocenters. The molecule has 0 aromatic rings. The van der Waals surface area contributed by atoms with Crippen LogP contribution in [0.1, 0.15) is 335 Å². The maximum Gasteiger partial charge on any atom is 0.306 e. The van der Waals surface area contributed by atoms with Gasteiger partial charge in [0.2, 0.25) is 0 Å². The van der Waals surface area contributed by atoms with Crippen molar-refractivity contribution in [1.82, 2.24) is 0 Å². The molecule has 430 valence electrons. The molecular formula is C68H122O6. The predicted octanol–water partition coefficient (Wildman–Crippen LogP) is 21.9. The Morgan fingerprint density at radius 3 is 0.865 bits per heavy atom. The summed E-state index contributed by atoms with van der Waals surface area (Å²) >= 11 is 0. The van der Waals surface area contributed by atoms with Crippen LogP contribution < -0.4 is 0 Å². The molecule has 0 aromatic carbocycles. The summed E-state index contributed by atoms with van der Waals surface area (Å²) in [7, 11) is 0. The third-order valence-electron chi connectivity index (χ3n) is 14.2. The SMILES string of the molecule is CC/C=C\C/C=C\C/C=C\CCCCCCCC(=O)OC(COC(=O)CCCCCCC/C=C\CCCCC)COC(=O)CCCCCCCCCCCCCCCCCCC/C=C\CCCCCCCCCC. The third-order valence-corrected chi connectivity index (χ3v) is 14.2. The normalized spacial score (nSPS) is 12.4. The third kappa shape index (κ3) is 60.0. The average molecular weight is 1040 g/mol. The second-order valence-corrected chi connectivity index (χ2v) is 21.6. The van der Waals surface area contributed by atoms with E-state index in [1.54, 1.807) is 0 Å². The molecule has 74 heavy (non-hydrogen) atoms. The molecule has 6 nitrogen and oxygen atoms in total. The number of ether oxygens (including phenoxy) is 3. The lowest BCUT2D eigenvalue weighted by atomic mass is 10.0. The van der Waals surface area contributed by atoms with Crippen LogP contribution in [-0.4, -0.2) is 37.2 Å². The van der Waals surface area contributed by atoms with Crippen LogP contribution in [0, 0.1) is 0 Å². The molecule has 0 spiro atoms. The largest absolute Gasteiger partial charge is 0.462 e. The zero-order valence-corrected chi connectivity index (χ0v) is 49.4. The Morgan fingerprint density at radius 1 is 0.284 bits per heavy atom. The van der Waals surface area contributed by atoms with Gasteiger partial charge in [0.15, 0.2) is 6.10 Å². The van der Waals surface area contributed by atoms with E-state index in [1.165, 1.54) is 193 Å². The minimum Gasteiger partial charge on any atom is -0.462 e. The standard InChI is InChI=1S/C68H122O6/c1-4-7-10-13-16-19-22-25-27-28-29-30-31-32-33-34-35-36-37-38-39-40-42-43-46-49-52-55-58-61-67(70)73-64-65(63-72-66(69)60-57-54-51-48-45-24-21-18-15-12-9-6-3)74-68(71)62-59-56-53-50-47-44-41-26-23-20-17-14-11-8-5-2/h8,11,17-18,20-21,26,28-29,41,65H,4-7,9-10,12-16,19,22-25,27,30-40,42-64H2,1-3H3/b11-8-,20-17-,21-18-,29-28-,41-26-. The van der Waals surface area contributed by atoms with Crippen LogP contribution in [0.4, 0.5) is 0 Å². The van der Waals surface area contributed by atoms with Crippen molar-refractivity contribution < 1.29 is 28.6 Å². The van der Waals surface area contributed by atoms with Gasteiger partial charge in [-0.1, -0.05) is 274 Å². The van der Waals surface area contributed by atoms with Crippen molar-refractivity contribution in [2.24, 2.45) is 0 Å². The zero-order valence-electron chi connectivity index (χ0n) is 49.4. The highest BCUT2D eigenvalue weighted by atomic mass is 16.6. The predicted molar refractivity (Wildman–Crippen MR) is 321 cm³/mol. The Kier molecular flexibility index (Phi) is 60.2. The van der Waals surface area contributed by atoms with Crippen LogP contribution in [0.25, 0.3) is 0 Å². The topological polar surface area (TPSA) is 78.9 Å². The van der Waals surface area contributed by atoms with E-state index in [4.69, 9.17) is 14.2 Å². The van der Waals surface area contributed by atoms with Crippen molar-refractivity contribution in [3.05, 3.63) is 60.8 Å². The molecule has 0 aromatic heterocycles. The second-order valence-electron chi connectivity index (χ2n) is 21.6. The number of hydrogen-bond acceptors (Lipinski definition) is 6. The molecule has 0 bridgehead atoms. The van der Waals surface area contributed by atoms with E-state index in [2.05, 4.69) is 81.5 Å². The van der Waals surface area contributed by atoms with Gasteiger partial charge in [0, 0.05) is 19.3 Å². The van der Waals surface area contributed by atoms with Crippen molar-refractivity contribution in [2.45, 2.75) is 341 Å². The molecule has 0 saturated carbocycles. The number of unbranched alkanes of at least 4 members (excludes halogenated alkanes) is 38. The van der Waals surface area contributed by atoms with E-state index in [9.17, 15) is 14.4 Å². The van der Waals surface area contributed by atoms with Gasteiger partial charge in [-0.25, -0.2) is 0 Å². The zero-order chi connectivity index (χ0) is 53.6. The minimum atomic E-state index is -0.786. The molecule has 0 fully saturated rings. The number of carbonyl (C=O) groups excluding carboxylic acids is 3. The first-order chi connectivity index (χ1) is 36.5. The van der Waals surface area contributed by atoms with Crippen LogP contribution in [-0.2, 0) is 28.6 Å². The fraction of sp³-hybridized carbons (Fsp3) is 0.809. The Hall–Kier alpha value is -2.89. The molecule has 0 aliphatic heterocycles. The molecular weight excluding hydrogens is 913 g/mol. The maximum absolute atomic E-state index is 12.9. The number of allylic oxidation sites excluding steroid dienone is 10. The van der Waals surface area contributed by atoms with E-state index >= 15 is 0 Å². The number of esters is 3. The first-order valence-corrected chi connectivity index (χ1v) is 32.3. The summed E-state index contributed by atoms with van der Waals surface area (Å²) in [6, 6.07) is 0. The van der Waals surface area contributed by atoms with Crippen LogP contribution in [0.5, 0.6) is 0 Å². The van der Waals surface area contributed by atoms with Gasteiger partial charge in [-0.15, -0.1) is 0 Å². The van der Waals surface area contributed by atoms with Crippen molar-refractivity contribution in [2.75, 3.05) is 13.2 Å². The second kappa shape index (κ2) is 62.6. The van der Waals surface area contributed by atoms with Gasteiger partial charge >= 0.3 is 17.9 Å². The summed E-state index contributed by atoms with van der Waals surface area (Å²) in [4.78, 5) is 38.2. The highest BCUT2D eigenvalue weighted by Gasteiger charge is 2.19.